The van der Waals surface area contributed by atoms with E-state index in [9.17, 15) is 4.79 Å². The maximum Gasteiger partial charge on any atom is 0.345 e. The Balaban J connectivity index is 1.88. The van der Waals surface area contributed by atoms with Crippen molar-refractivity contribution in [2.24, 2.45) is 0 Å². The molecule has 0 aliphatic carbocycles. The van der Waals surface area contributed by atoms with Crippen LogP contribution in [0.25, 0.3) is 32.3 Å². The minimum Gasteiger partial charge on any atom is -0.422 e. The van der Waals surface area contributed by atoms with Gasteiger partial charge in [-0.25, -0.2) is 4.79 Å². The van der Waals surface area contributed by atoms with E-state index in [2.05, 4.69) is 29.2 Å². The maximum atomic E-state index is 12.6. The van der Waals surface area contributed by atoms with Crippen molar-refractivity contribution >= 4 is 39.1 Å². The second-order valence-electron chi connectivity index (χ2n) is 5.87. The number of benzene rings is 2. The average Bonchev–Trinajstić information content (AvgIpc) is 3.06. The van der Waals surface area contributed by atoms with Crippen LogP contribution in [0.1, 0.15) is 13.8 Å². The Morgan fingerprint density at radius 1 is 1.08 bits per heavy atom. The summed E-state index contributed by atoms with van der Waals surface area (Å²) in [6.07, 6.45) is 0. The number of nitrogens with zero attached hydrogens (tertiary/aromatic N) is 2. The lowest BCUT2D eigenvalue weighted by Gasteiger charge is -2.20. The first-order valence-corrected chi connectivity index (χ1v) is 9.16. The lowest BCUT2D eigenvalue weighted by atomic mass is 10.1. The Morgan fingerprint density at radius 3 is 2.68 bits per heavy atom. The summed E-state index contributed by atoms with van der Waals surface area (Å²) in [5, 5.41) is 1.90. The van der Waals surface area contributed by atoms with Gasteiger partial charge in [0.05, 0.1) is 16.0 Å². The van der Waals surface area contributed by atoms with Gasteiger partial charge in [0.1, 0.15) is 5.58 Å². The van der Waals surface area contributed by atoms with Crippen LogP contribution in [0.3, 0.4) is 0 Å². The number of hydrogen-bond donors (Lipinski definition) is 0. The molecule has 0 saturated heterocycles. The van der Waals surface area contributed by atoms with Gasteiger partial charge in [-0.3, -0.25) is 0 Å². The molecule has 0 N–H and O–H groups in total. The number of aromatic nitrogens is 1. The first-order chi connectivity index (χ1) is 12.2. The summed E-state index contributed by atoms with van der Waals surface area (Å²) >= 11 is 1.34. The predicted molar refractivity (Wildman–Crippen MR) is 105 cm³/mol. The Kier molecular flexibility index (Phi) is 4.01. The topological polar surface area (TPSA) is 46.3 Å². The number of hydrogen-bond acceptors (Lipinski definition) is 5. The van der Waals surface area contributed by atoms with Gasteiger partial charge in [0, 0.05) is 35.6 Å². The lowest BCUT2D eigenvalue weighted by molar-refractivity contribution is 0.563. The second kappa shape index (κ2) is 6.33. The molecule has 0 fully saturated rings. The normalized spacial score (nSPS) is 11.3. The molecule has 5 heteroatoms. The molecule has 2 aromatic heterocycles. The van der Waals surface area contributed by atoms with Crippen molar-refractivity contribution in [2.45, 2.75) is 13.8 Å². The first kappa shape index (κ1) is 15.8. The van der Waals surface area contributed by atoms with Gasteiger partial charge in [-0.05, 0) is 49.6 Å². The van der Waals surface area contributed by atoms with Gasteiger partial charge in [0.15, 0.2) is 0 Å². The highest BCUT2D eigenvalue weighted by Gasteiger charge is 2.14. The highest BCUT2D eigenvalue weighted by molar-refractivity contribution is 7.11. The Hall–Kier alpha value is -2.66. The first-order valence-electron chi connectivity index (χ1n) is 8.39. The highest BCUT2D eigenvalue weighted by atomic mass is 32.1. The van der Waals surface area contributed by atoms with Gasteiger partial charge in [-0.15, -0.1) is 0 Å². The van der Waals surface area contributed by atoms with Crippen molar-refractivity contribution in [1.29, 1.82) is 0 Å². The zero-order chi connectivity index (χ0) is 17.4. The van der Waals surface area contributed by atoms with Crippen LogP contribution in [-0.4, -0.2) is 17.5 Å². The van der Waals surface area contributed by atoms with E-state index in [1.54, 1.807) is 0 Å². The molecule has 2 aromatic carbocycles. The third-order valence-electron chi connectivity index (χ3n) is 4.48. The molecule has 4 nitrogen and oxygen atoms in total. The smallest absolute Gasteiger partial charge is 0.345 e. The summed E-state index contributed by atoms with van der Waals surface area (Å²) in [5.41, 5.74) is 2.84. The van der Waals surface area contributed by atoms with Gasteiger partial charge >= 0.3 is 5.63 Å². The van der Waals surface area contributed by atoms with Crippen LogP contribution in [-0.2, 0) is 0 Å². The van der Waals surface area contributed by atoms with E-state index in [-0.39, 0.29) is 5.63 Å². The van der Waals surface area contributed by atoms with Gasteiger partial charge in [-0.2, -0.15) is 4.37 Å². The van der Waals surface area contributed by atoms with Gasteiger partial charge in [0.2, 0.25) is 0 Å². The summed E-state index contributed by atoms with van der Waals surface area (Å²) in [7, 11) is 0. The fraction of sp³-hybridized carbons (Fsp3) is 0.200. The molecule has 0 aliphatic rings. The Bertz CT molecular complexity index is 1110. The summed E-state index contributed by atoms with van der Waals surface area (Å²) in [6.45, 7) is 6.05. The molecule has 0 unspecified atom stereocenters. The minimum atomic E-state index is -0.321. The summed E-state index contributed by atoms with van der Waals surface area (Å²) in [4.78, 5) is 15.7. The van der Waals surface area contributed by atoms with E-state index < -0.39 is 0 Å². The Labute approximate surface area is 149 Å². The van der Waals surface area contributed by atoms with E-state index in [1.165, 1.54) is 11.5 Å². The molecular formula is C20H18N2O2S. The summed E-state index contributed by atoms with van der Waals surface area (Å²) in [6, 6.07) is 15.8. The largest absolute Gasteiger partial charge is 0.422 e. The SMILES string of the molecule is CCN(CC)c1ccc2cc(-c3snc4ccccc34)c(=O)oc2c1. The van der Waals surface area contributed by atoms with Crippen LogP contribution in [0, 0.1) is 0 Å². The van der Waals surface area contributed by atoms with E-state index >= 15 is 0 Å². The van der Waals surface area contributed by atoms with Crippen molar-refractivity contribution < 1.29 is 4.42 Å². The van der Waals surface area contributed by atoms with Crippen LogP contribution < -0.4 is 10.5 Å². The van der Waals surface area contributed by atoms with Crippen molar-refractivity contribution in [1.82, 2.24) is 4.37 Å². The van der Waals surface area contributed by atoms with Crippen LogP contribution in [0.15, 0.2) is 57.7 Å². The summed E-state index contributed by atoms with van der Waals surface area (Å²) in [5.74, 6) is 0. The van der Waals surface area contributed by atoms with Crippen LogP contribution in [0.4, 0.5) is 5.69 Å². The predicted octanol–water partition coefficient (Wildman–Crippen LogP) is 4.92. The number of fused-ring (bicyclic) bond motifs is 2. The van der Waals surface area contributed by atoms with Gasteiger partial charge in [0.25, 0.3) is 0 Å². The van der Waals surface area contributed by atoms with Crippen molar-refractivity contribution in [2.75, 3.05) is 18.0 Å². The third-order valence-corrected chi connectivity index (χ3v) is 5.39. The average molecular weight is 350 g/mol. The van der Waals surface area contributed by atoms with Crippen LogP contribution in [0.5, 0.6) is 0 Å². The molecule has 25 heavy (non-hydrogen) atoms. The minimum absolute atomic E-state index is 0.321. The lowest BCUT2D eigenvalue weighted by Crippen LogP contribution is -2.21. The van der Waals surface area contributed by atoms with Crippen molar-refractivity contribution in [3.8, 4) is 10.4 Å². The molecule has 0 amide bonds. The van der Waals surface area contributed by atoms with Crippen LogP contribution >= 0.6 is 11.5 Å². The highest BCUT2D eigenvalue weighted by Crippen LogP contribution is 2.32. The van der Waals surface area contributed by atoms with E-state index in [4.69, 9.17) is 4.42 Å². The molecule has 4 aromatic rings. The van der Waals surface area contributed by atoms with Crippen LogP contribution in [0.2, 0.25) is 0 Å². The van der Waals surface area contributed by atoms with Crippen molar-refractivity contribution in [3.05, 3.63) is 59.0 Å². The van der Waals surface area contributed by atoms with Gasteiger partial charge in [-0.1, -0.05) is 18.2 Å². The maximum absolute atomic E-state index is 12.6. The molecule has 0 saturated carbocycles. The molecule has 2 heterocycles. The van der Waals surface area contributed by atoms with Gasteiger partial charge < -0.3 is 9.32 Å². The quantitative estimate of drug-likeness (QED) is 0.490. The molecule has 126 valence electrons. The van der Waals surface area contributed by atoms with E-state index in [1.807, 2.05) is 42.5 Å². The molecule has 0 spiro atoms. The molecule has 0 bridgehead atoms. The molecule has 0 radical (unpaired) electrons. The second-order valence-corrected chi connectivity index (χ2v) is 6.64. The van der Waals surface area contributed by atoms with Crippen molar-refractivity contribution in [3.63, 3.8) is 0 Å². The Morgan fingerprint density at radius 2 is 1.88 bits per heavy atom. The molecular weight excluding hydrogens is 332 g/mol. The standard InChI is InChI=1S/C20H18N2O2S/c1-3-22(4-2)14-10-9-13-11-16(20(23)24-18(13)12-14)19-15-7-5-6-8-17(15)21-25-19/h5-12H,3-4H2,1-2H3. The number of rotatable bonds is 4. The zero-order valence-electron chi connectivity index (χ0n) is 14.2. The third kappa shape index (κ3) is 2.70. The monoisotopic (exact) mass is 350 g/mol. The molecule has 0 atom stereocenters. The van der Waals surface area contributed by atoms with E-state index in [0.717, 1.165) is 39.9 Å². The summed E-state index contributed by atoms with van der Waals surface area (Å²) < 4.78 is 10.1. The fourth-order valence-electron chi connectivity index (χ4n) is 3.13. The van der Waals surface area contributed by atoms with E-state index in [0.29, 0.717) is 11.1 Å². The molecule has 4 rings (SSSR count). The molecule has 0 aliphatic heterocycles. The number of anilines is 1. The fourth-order valence-corrected chi connectivity index (χ4v) is 3.99. The zero-order valence-corrected chi connectivity index (χ0v) is 15.0.